The Morgan fingerprint density at radius 2 is 2.10 bits per heavy atom. The van der Waals surface area contributed by atoms with Crippen LogP contribution in [0.5, 0.6) is 0 Å². The second-order valence-electron chi connectivity index (χ2n) is 1.83. The molecule has 0 saturated heterocycles. The van der Waals surface area contributed by atoms with E-state index in [0.717, 1.165) is 6.54 Å². The van der Waals surface area contributed by atoms with E-state index in [-0.39, 0.29) is 0 Å². The van der Waals surface area contributed by atoms with Crippen molar-refractivity contribution in [2.24, 2.45) is 0 Å². The maximum Gasteiger partial charge on any atom is 0.222 e. The molecule has 1 aromatic heterocycles. The molecule has 1 heterocycles. The minimum absolute atomic E-state index is 0.911. The predicted octanol–water partition coefficient (Wildman–Crippen LogP) is 1.92. The van der Waals surface area contributed by atoms with Crippen LogP contribution in [-0.4, -0.2) is 0 Å². The van der Waals surface area contributed by atoms with E-state index in [4.69, 9.17) is 4.52 Å². The van der Waals surface area contributed by atoms with Crippen molar-refractivity contribution in [2.45, 2.75) is 34.2 Å². The molecule has 0 radical (unpaired) electrons. The summed E-state index contributed by atoms with van der Waals surface area (Å²) in [6, 6.07) is 0. The highest BCUT2D eigenvalue weighted by atomic mass is 16.5. The van der Waals surface area contributed by atoms with Crippen molar-refractivity contribution in [2.75, 3.05) is 0 Å². The summed E-state index contributed by atoms with van der Waals surface area (Å²) in [5, 5.41) is 0. The van der Waals surface area contributed by atoms with Gasteiger partial charge < -0.3 is 0 Å². The number of hydrogen-bond acceptors (Lipinski definition) is 1. The van der Waals surface area contributed by atoms with Gasteiger partial charge in [-0.2, -0.15) is 0 Å². The molecule has 0 aromatic carbocycles. The van der Waals surface area contributed by atoms with Gasteiger partial charge >= 0.3 is 0 Å². The zero-order valence-electron chi connectivity index (χ0n) is 7.22. The fourth-order valence-corrected chi connectivity index (χ4v) is 0.605. The Kier molecular flexibility index (Phi) is 4.63. The van der Waals surface area contributed by atoms with Crippen LogP contribution < -0.4 is 4.74 Å². The molecule has 58 valence electrons. The highest BCUT2D eigenvalue weighted by Gasteiger charge is 1.99. The minimum atomic E-state index is 0.911. The molecule has 1 aromatic rings. The molecule has 0 amide bonds. The van der Waals surface area contributed by atoms with Crippen LogP contribution in [0.4, 0.5) is 0 Å². The number of aromatic nitrogens is 1. The zero-order valence-corrected chi connectivity index (χ0v) is 7.22. The molecule has 10 heavy (non-hydrogen) atoms. The summed E-state index contributed by atoms with van der Waals surface area (Å²) < 4.78 is 6.82. The Morgan fingerprint density at radius 3 is 2.30 bits per heavy atom. The van der Waals surface area contributed by atoms with Gasteiger partial charge in [0, 0.05) is 0 Å². The quantitative estimate of drug-likeness (QED) is 0.547. The molecule has 0 aliphatic rings. The van der Waals surface area contributed by atoms with Gasteiger partial charge in [0.15, 0.2) is 12.8 Å². The van der Waals surface area contributed by atoms with Crippen LogP contribution in [0.2, 0.25) is 0 Å². The molecule has 0 unspecified atom stereocenters. The Labute approximate surface area is 62.4 Å². The largest absolute Gasteiger partial charge is 0.245 e. The Hall–Kier alpha value is -0.790. The summed E-state index contributed by atoms with van der Waals surface area (Å²) in [5.74, 6) is 0. The topological polar surface area (TPSA) is 17.0 Å². The lowest BCUT2D eigenvalue weighted by Crippen LogP contribution is -2.27. The lowest BCUT2D eigenvalue weighted by molar-refractivity contribution is -0.861. The zero-order chi connectivity index (χ0) is 7.98. The van der Waals surface area contributed by atoms with Crippen LogP contribution in [0.1, 0.15) is 26.3 Å². The molecule has 0 saturated carbocycles. The highest BCUT2D eigenvalue weighted by molar-refractivity contribution is 4.91. The van der Waals surface area contributed by atoms with E-state index in [2.05, 4.69) is 0 Å². The third kappa shape index (κ3) is 2.67. The van der Waals surface area contributed by atoms with Crippen molar-refractivity contribution in [3.63, 3.8) is 0 Å². The van der Waals surface area contributed by atoms with Crippen molar-refractivity contribution in [1.29, 1.82) is 0 Å². The van der Waals surface area contributed by atoms with Crippen LogP contribution in [0, 0.1) is 6.92 Å². The van der Waals surface area contributed by atoms with Crippen LogP contribution in [-0.2, 0) is 6.54 Å². The molecule has 0 bridgehead atoms. The van der Waals surface area contributed by atoms with Crippen molar-refractivity contribution < 1.29 is 9.26 Å². The van der Waals surface area contributed by atoms with Gasteiger partial charge in [-0.3, -0.25) is 0 Å². The Morgan fingerprint density at radius 1 is 1.50 bits per heavy atom. The minimum Gasteiger partial charge on any atom is -0.245 e. The summed E-state index contributed by atoms with van der Waals surface area (Å²) in [6.07, 6.45) is 3.71. The number of rotatable bonds is 1. The molecule has 0 atom stereocenters. The smallest absolute Gasteiger partial charge is 0.222 e. The number of nitrogens with zero attached hydrogens (tertiary/aromatic N) is 1. The number of aryl methyl sites for hydroxylation is 2. The summed E-state index contributed by atoms with van der Waals surface area (Å²) in [4.78, 5) is 0. The molecule has 2 heteroatoms. The normalized spacial score (nSPS) is 8.40. The molecular weight excluding hydrogens is 126 g/mol. The summed E-state index contributed by atoms with van der Waals surface area (Å²) in [5.41, 5.74) is 1.17. The van der Waals surface area contributed by atoms with E-state index >= 15 is 0 Å². The second-order valence-corrected chi connectivity index (χ2v) is 1.83. The lowest BCUT2D eigenvalue weighted by atomic mass is 10.4. The molecule has 1 rings (SSSR count). The second kappa shape index (κ2) is 5.03. The highest BCUT2D eigenvalue weighted by Crippen LogP contribution is 1.88. The van der Waals surface area contributed by atoms with Gasteiger partial charge in [0.2, 0.25) is 6.20 Å². The summed E-state index contributed by atoms with van der Waals surface area (Å²) >= 11 is 0. The first-order valence-corrected chi connectivity index (χ1v) is 3.78. The summed E-state index contributed by atoms with van der Waals surface area (Å²) in [6.45, 7) is 8.96. The van der Waals surface area contributed by atoms with Crippen LogP contribution in [0.15, 0.2) is 17.0 Å². The first-order valence-electron chi connectivity index (χ1n) is 3.78. The van der Waals surface area contributed by atoms with E-state index in [9.17, 15) is 0 Å². The molecule has 0 fully saturated rings. The van der Waals surface area contributed by atoms with Crippen LogP contribution in [0.25, 0.3) is 0 Å². The van der Waals surface area contributed by atoms with E-state index in [1.807, 2.05) is 33.9 Å². The monoisotopic (exact) mass is 142 g/mol. The molecule has 0 aliphatic carbocycles. The first kappa shape index (κ1) is 9.21. The van der Waals surface area contributed by atoms with Gasteiger partial charge in [-0.05, 0) is 18.6 Å². The third-order valence-corrected chi connectivity index (χ3v) is 1.03. The van der Waals surface area contributed by atoms with Crippen molar-refractivity contribution >= 4 is 0 Å². The maximum absolute atomic E-state index is 5.03. The summed E-state index contributed by atoms with van der Waals surface area (Å²) in [7, 11) is 0. The molecule has 0 N–H and O–H groups in total. The van der Waals surface area contributed by atoms with Gasteiger partial charge in [0.1, 0.15) is 0 Å². The predicted molar refractivity (Wildman–Crippen MR) is 40.7 cm³/mol. The van der Waals surface area contributed by atoms with E-state index in [1.54, 1.807) is 11.0 Å². The average Bonchev–Trinajstić information content (AvgIpc) is 2.40. The Balaban J connectivity index is 0.000000371. The van der Waals surface area contributed by atoms with Gasteiger partial charge in [0.05, 0.1) is 5.56 Å². The van der Waals surface area contributed by atoms with E-state index in [1.165, 1.54) is 5.56 Å². The van der Waals surface area contributed by atoms with Crippen LogP contribution in [0.3, 0.4) is 0 Å². The van der Waals surface area contributed by atoms with E-state index in [0.29, 0.717) is 0 Å². The molecular formula is C8H16NO+. The van der Waals surface area contributed by atoms with Gasteiger partial charge in [-0.25, -0.2) is 4.52 Å². The van der Waals surface area contributed by atoms with Gasteiger partial charge in [-0.1, -0.05) is 13.8 Å². The molecule has 0 aliphatic heterocycles. The number of hydrogen-bond donors (Lipinski definition) is 0. The first-order chi connectivity index (χ1) is 4.83. The van der Waals surface area contributed by atoms with Crippen molar-refractivity contribution in [3.05, 3.63) is 18.0 Å². The fourth-order valence-electron chi connectivity index (χ4n) is 0.605. The van der Waals surface area contributed by atoms with E-state index < -0.39 is 0 Å². The van der Waals surface area contributed by atoms with Crippen LogP contribution >= 0.6 is 0 Å². The SMILES string of the molecule is CC.CC[n+]1cc(C)co1. The van der Waals surface area contributed by atoms with Crippen molar-refractivity contribution in [1.82, 2.24) is 0 Å². The standard InChI is InChI=1S/C6H10NO.C2H6/c1-3-7-4-6(2)5-8-7;1-2/h4-5H,3H2,1-2H3;1-2H3/q+1;. The maximum atomic E-state index is 5.03. The Bertz CT molecular complexity index is 170. The molecule has 0 spiro atoms. The third-order valence-electron chi connectivity index (χ3n) is 1.03. The van der Waals surface area contributed by atoms with Gasteiger partial charge in [0.25, 0.3) is 0 Å². The average molecular weight is 142 g/mol. The van der Waals surface area contributed by atoms with Gasteiger partial charge in [-0.15, -0.1) is 0 Å². The van der Waals surface area contributed by atoms with Crippen molar-refractivity contribution in [3.8, 4) is 0 Å². The lowest BCUT2D eigenvalue weighted by Gasteiger charge is -1.72. The molecule has 2 nitrogen and oxygen atoms in total. The fraction of sp³-hybridized carbons (Fsp3) is 0.625.